The fourth-order valence-electron chi connectivity index (χ4n) is 2.68. The van der Waals surface area contributed by atoms with Gasteiger partial charge in [0.05, 0.1) is 6.61 Å². The van der Waals surface area contributed by atoms with Crippen molar-refractivity contribution in [3.63, 3.8) is 0 Å². The summed E-state index contributed by atoms with van der Waals surface area (Å²) in [5.41, 5.74) is 2.57. The van der Waals surface area contributed by atoms with Gasteiger partial charge in [-0.1, -0.05) is 24.6 Å². The summed E-state index contributed by atoms with van der Waals surface area (Å²) in [4.78, 5) is 4.93. The van der Waals surface area contributed by atoms with Crippen LogP contribution < -0.4 is 10.2 Å². The fraction of sp³-hybridized carbons (Fsp3) is 0.625. The summed E-state index contributed by atoms with van der Waals surface area (Å²) >= 11 is 6.20. The summed E-state index contributed by atoms with van der Waals surface area (Å²) < 4.78 is 5.07. The monoisotopic (exact) mass is 311 g/mol. The molecule has 118 valence electrons. The number of anilines is 1. The number of benzene rings is 1. The third-order valence-electron chi connectivity index (χ3n) is 4.01. The maximum absolute atomic E-state index is 6.20. The van der Waals surface area contributed by atoms with Crippen molar-refractivity contribution >= 4 is 17.3 Å². The molecule has 4 nitrogen and oxygen atoms in total. The van der Waals surface area contributed by atoms with Crippen molar-refractivity contribution in [2.75, 3.05) is 57.9 Å². The zero-order valence-corrected chi connectivity index (χ0v) is 13.8. The molecule has 21 heavy (non-hydrogen) atoms. The van der Waals surface area contributed by atoms with E-state index in [9.17, 15) is 0 Å². The molecule has 0 saturated carbocycles. The summed E-state index contributed by atoms with van der Waals surface area (Å²) in [5.74, 6) is 0. The summed E-state index contributed by atoms with van der Waals surface area (Å²) in [6, 6.07) is 6.20. The average molecular weight is 312 g/mol. The highest BCUT2D eigenvalue weighted by Crippen LogP contribution is 2.26. The van der Waals surface area contributed by atoms with Gasteiger partial charge in [0, 0.05) is 57.1 Å². The molecule has 0 bridgehead atoms. The average Bonchev–Trinajstić information content (AvgIpc) is 2.53. The summed E-state index contributed by atoms with van der Waals surface area (Å²) in [7, 11) is 1.72. The third-order valence-corrected chi connectivity index (χ3v) is 4.24. The Morgan fingerprint density at radius 3 is 2.67 bits per heavy atom. The summed E-state index contributed by atoms with van der Waals surface area (Å²) in [5, 5.41) is 4.23. The van der Waals surface area contributed by atoms with Crippen molar-refractivity contribution in [1.29, 1.82) is 0 Å². The van der Waals surface area contributed by atoms with Crippen LogP contribution in [-0.4, -0.2) is 57.9 Å². The second-order valence-corrected chi connectivity index (χ2v) is 5.80. The van der Waals surface area contributed by atoms with Crippen LogP contribution in [0.3, 0.4) is 0 Å². The molecule has 0 atom stereocenters. The van der Waals surface area contributed by atoms with Gasteiger partial charge < -0.3 is 19.9 Å². The number of nitrogens with zero attached hydrogens (tertiary/aromatic N) is 2. The van der Waals surface area contributed by atoms with Gasteiger partial charge in [-0.3, -0.25) is 0 Å². The number of hydrogen-bond donors (Lipinski definition) is 1. The molecule has 1 aromatic rings. The molecule has 1 aliphatic heterocycles. The predicted octanol–water partition coefficient (Wildman–Crippen LogP) is 2.22. The molecule has 1 N–H and O–H groups in total. The van der Waals surface area contributed by atoms with Gasteiger partial charge in [0.1, 0.15) is 0 Å². The van der Waals surface area contributed by atoms with E-state index in [1.54, 1.807) is 7.11 Å². The molecular weight excluding hydrogens is 286 g/mol. The second-order valence-electron chi connectivity index (χ2n) is 5.36. The van der Waals surface area contributed by atoms with Crippen LogP contribution in [0.4, 0.5) is 5.69 Å². The van der Waals surface area contributed by atoms with E-state index in [4.69, 9.17) is 16.3 Å². The predicted molar refractivity (Wildman–Crippen MR) is 89.4 cm³/mol. The molecule has 1 saturated heterocycles. The highest BCUT2D eigenvalue weighted by Gasteiger charge is 2.18. The highest BCUT2D eigenvalue weighted by molar-refractivity contribution is 6.30. The summed E-state index contributed by atoms with van der Waals surface area (Å²) in [6.45, 7) is 10.2. The number of nitrogens with one attached hydrogen (secondary N) is 1. The van der Waals surface area contributed by atoms with E-state index in [1.165, 1.54) is 11.3 Å². The van der Waals surface area contributed by atoms with Crippen LogP contribution in [0, 0.1) is 0 Å². The molecule has 2 rings (SSSR count). The maximum atomic E-state index is 6.20. The van der Waals surface area contributed by atoms with E-state index in [-0.39, 0.29) is 0 Å². The van der Waals surface area contributed by atoms with Gasteiger partial charge in [0.25, 0.3) is 0 Å². The lowest BCUT2D eigenvalue weighted by molar-refractivity contribution is 0.199. The first-order valence-corrected chi connectivity index (χ1v) is 8.07. The van der Waals surface area contributed by atoms with Crippen molar-refractivity contribution in [2.24, 2.45) is 0 Å². The van der Waals surface area contributed by atoms with E-state index in [0.717, 1.165) is 57.4 Å². The lowest BCUT2D eigenvalue weighted by Gasteiger charge is -2.36. The van der Waals surface area contributed by atoms with E-state index >= 15 is 0 Å². The van der Waals surface area contributed by atoms with Crippen LogP contribution in [0.5, 0.6) is 0 Å². The number of likely N-dealkylation sites (N-methyl/N-ethyl adjacent to an activating group) is 1. The Labute approximate surface area is 133 Å². The van der Waals surface area contributed by atoms with Crippen LogP contribution in [0.15, 0.2) is 18.2 Å². The van der Waals surface area contributed by atoms with Gasteiger partial charge in [-0.15, -0.1) is 0 Å². The molecule has 1 aliphatic rings. The number of piperazine rings is 1. The van der Waals surface area contributed by atoms with Gasteiger partial charge in [0.2, 0.25) is 0 Å². The molecule has 0 amide bonds. The summed E-state index contributed by atoms with van der Waals surface area (Å²) in [6.07, 6.45) is 0. The number of rotatable bonds is 7. The van der Waals surface area contributed by atoms with Crippen molar-refractivity contribution in [3.8, 4) is 0 Å². The first-order chi connectivity index (χ1) is 10.2. The molecule has 1 aromatic carbocycles. The Morgan fingerprint density at radius 1 is 1.24 bits per heavy atom. The van der Waals surface area contributed by atoms with Gasteiger partial charge >= 0.3 is 0 Å². The molecule has 0 unspecified atom stereocenters. The van der Waals surface area contributed by atoms with Crippen molar-refractivity contribution < 1.29 is 4.74 Å². The second kappa shape index (κ2) is 8.59. The molecule has 0 aliphatic carbocycles. The van der Waals surface area contributed by atoms with Crippen LogP contribution >= 0.6 is 11.6 Å². The Hall–Kier alpha value is -0.810. The van der Waals surface area contributed by atoms with Crippen molar-refractivity contribution in [1.82, 2.24) is 10.2 Å². The number of ether oxygens (including phenoxy) is 1. The number of halogens is 1. The van der Waals surface area contributed by atoms with Gasteiger partial charge in [-0.25, -0.2) is 0 Å². The van der Waals surface area contributed by atoms with E-state index in [2.05, 4.69) is 34.2 Å². The SMILES string of the molecule is CCN1CCN(c2cc(Cl)ccc2CNCCOC)CC1. The molecule has 5 heteroatoms. The Balaban J connectivity index is 2.01. The topological polar surface area (TPSA) is 27.7 Å². The van der Waals surface area contributed by atoms with Crippen LogP contribution in [0.1, 0.15) is 12.5 Å². The zero-order valence-electron chi connectivity index (χ0n) is 13.1. The Bertz CT molecular complexity index is 434. The van der Waals surface area contributed by atoms with Crippen LogP contribution in [0.2, 0.25) is 5.02 Å². The van der Waals surface area contributed by atoms with Crippen LogP contribution in [0.25, 0.3) is 0 Å². The van der Waals surface area contributed by atoms with E-state index < -0.39 is 0 Å². The van der Waals surface area contributed by atoms with E-state index in [1.807, 2.05) is 6.07 Å². The molecule has 1 heterocycles. The minimum Gasteiger partial charge on any atom is -0.383 e. The smallest absolute Gasteiger partial charge is 0.0587 e. The fourth-order valence-corrected chi connectivity index (χ4v) is 2.85. The lowest BCUT2D eigenvalue weighted by atomic mass is 10.1. The maximum Gasteiger partial charge on any atom is 0.0587 e. The van der Waals surface area contributed by atoms with Crippen LogP contribution in [-0.2, 0) is 11.3 Å². The third kappa shape index (κ3) is 4.85. The largest absolute Gasteiger partial charge is 0.383 e. The molecule has 0 radical (unpaired) electrons. The molecular formula is C16H26ClN3O. The van der Waals surface area contributed by atoms with Crippen molar-refractivity contribution in [2.45, 2.75) is 13.5 Å². The number of methoxy groups -OCH3 is 1. The molecule has 1 fully saturated rings. The standard InChI is InChI=1S/C16H26ClN3O/c1-3-19-7-9-20(10-8-19)16-12-15(17)5-4-14(16)13-18-6-11-21-2/h4-5,12,18H,3,6-11,13H2,1-2H3. The van der Waals surface area contributed by atoms with Gasteiger partial charge in [-0.05, 0) is 24.2 Å². The highest BCUT2D eigenvalue weighted by atomic mass is 35.5. The normalized spacial score (nSPS) is 16.4. The first kappa shape index (κ1) is 16.6. The van der Waals surface area contributed by atoms with Crippen molar-refractivity contribution in [3.05, 3.63) is 28.8 Å². The Kier molecular flexibility index (Phi) is 6.77. The molecule has 0 aromatic heterocycles. The quantitative estimate of drug-likeness (QED) is 0.782. The minimum absolute atomic E-state index is 0.734. The number of hydrogen-bond acceptors (Lipinski definition) is 4. The van der Waals surface area contributed by atoms with E-state index in [0.29, 0.717) is 0 Å². The minimum atomic E-state index is 0.734. The Morgan fingerprint density at radius 2 is 2.00 bits per heavy atom. The van der Waals surface area contributed by atoms with Gasteiger partial charge in [0.15, 0.2) is 0 Å². The lowest BCUT2D eigenvalue weighted by Crippen LogP contribution is -2.46. The molecule has 0 spiro atoms. The zero-order chi connectivity index (χ0) is 15.1. The first-order valence-electron chi connectivity index (χ1n) is 7.70. The van der Waals surface area contributed by atoms with Gasteiger partial charge in [-0.2, -0.15) is 0 Å².